The molecular weight excluding hydrogens is 454 g/mol. The van der Waals surface area contributed by atoms with Gasteiger partial charge in [-0.3, -0.25) is 5.32 Å². The number of hydrogen-bond acceptors (Lipinski definition) is 6. The molecule has 0 radical (unpaired) electrons. The Morgan fingerprint density at radius 3 is 2.64 bits per heavy atom. The monoisotopic (exact) mass is 487 g/mol. The molecule has 1 fully saturated rings. The number of rotatable bonds is 7. The maximum absolute atomic E-state index is 12.5. The van der Waals surface area contributed by atoms with E-state index in [-0.39, 0.29) is 17.8 Å². The summed E-state index contributed by atoms with van der Waals surface area (Å²) in [6.45, 7) is 4.51. The predicted octanol–water partition coefficient (Wildman–Crippen LogP) is 5.81. The summed E-state index contributed by atoms with van der Waals surface area (Å²) in [5, 5.41) is 2.62. The maximum Gasteiger partial charge on any atom is 0.418 e. The van der Waals surface area contributed by atoms with Crippen LogP contribution in [0.4, 0.5) is 10.6 Å². The third kappa shape index (κ3) is 6.49. The molecule has 2 aromatic carbocycles. The molecule has 1 amide bonds. The van der Waals surface area contributed by atoms with Crippen LogP contribution in [0.25, 0.3) is 0 Å². The zero-order valence-electron chi connectivity index (χ0n) is 20.9. The van der Waals surface area contributed by atoms with Crippen LogP contribution in [0, 0.1) is 0 Å². The number of esters is 1. The minimum absolute atomic E-state index is 0.0492. The average Bonchev–Trinajstić information content (AvgIpc) is 3.10. The average molecular weight is 488 g/mol. The van der Waals surface area contributed by atoms with Crippen LogP contribution in [-0.4, -0.2) is 42.1 Å². The second-order valence-electron chi connectivity index (χ2n) is 9.36. The highest BCUT2D eigenvalue weighted by Crippen LogP contribution is 2.37. The van der Waals surface area contributed by atoms with E-state index < -0.39 is 12.1 Å². The van der Waals surface area contributed by atoms with Crippen molar-refractivity contribution in [3.63, 3.8) is 0 Å². The molecule has 1 saturated heterocycles. The van der Waals surface area contributed by atoms with Crippen LogP contribution in [0.15, 0.2) is 72.9 Å². The largest absolute Gasteiger partial charge is 0.457 e. The molecule has 7 nitrogen and oxygen atoms in total. The van der Waals surface area contributed by atoms with E-state index in [1.165, 1.54) is 24.6 Å². The Kier molecular flexibility index (Phi) is 8.33. The van der Waals surface area contributed by atoms with Gasteiger partial charge in [0.25, 0.3) is 0 Å². The van der Waals surface area contributed by atoms with Crippen molar-refractivity contribution in [1.82, 2.24) is 9.88 Å². The summed E-state index contributed by atoms with van der Waals surface area (Å²) in [5.41, 5.74) is 2.45. The number of likely N-dealkylation sites (N-methyl/N-ethyl adjacent to an activating group) is 1. The topological polar surface area (TPSA) is 80.8 Å². The zero-order chi connectivity index (χ0) is 25.4. The first-order valence-corrected chi connectivity index (χ1v) is 12.4. The summed E-state index contributed by atoms with van der Waals surface area (Å²) < 4.78 is 10.9. The summed E-state index contributed by atoms with van der Waals surface area (Å²) in [5.74, 6) is 0.295. The van der Waals surface area contributed by atoms with E-state index in [1.807, 2.05) is 42.5 Å². The second-order valence-corrected chi connectivity index (χ2v) is 9.36. The molecule has 1 aliphatic rings. The SMILES string of the molecule is CCC1(c2cccc(OC(=O)Nc3ccc(C(=O)OCc4ccccc4)cn3)c2)CCCCN(C)C1. The van der Waals surface area contributed by atoms with Gasteiger partial charge >= 0.3 is 12.1 Å². The van der Waals surface area contributed by atoms with E-state index in [2.05, 4.69) is 35.2 Å². The predicted molar refractivity (Wildman–Crippen MR) is 139 cm³/mol. The Hall–Kier alpha value is -3.71. The van der Waals surface area contributed by atoms with Gasteiger partial charge in [-0.15, -0.1) is 0 Å². The van der Waals surface area contributed by atoms with Gasteiger partial charge < -0.3 is 14.4 Å². The fourth-order valence-corrected chi connectivity index (χ4v) is 4.77. The molecule has 1 atom stereocenters. The first-order chi connectivity index (χ1) is 17.5. The molecule has 0 bridgehead atoms. The van der Waals surface area contributed by atoms with Crippen molar-refractivity contribution in [2.45, 2.75) is 44.6 Å². The van der Waals surface area contributed by atoms with Gasteiger partial charge in [-0.05, 0) is 68.2 Å². The molecule has 188 valence electrons. The van der Waals surface area contributed by atoms with E-state index in [0.717, 1.165) is 31.5 Å². The first kappa shape index (κ1) is 25.4. The number of nitrogens with zero attached hydrogens (tertiary/aromatic N) is 2. The maximum atomic E-state index is 12.5. The van der Waals surface area contributed by atoms with Crippen molar-refractivity contribution in [2.24, 2.45) is 0 Å². The van der Waals surface area contributed by atoms with Gasteiger partial charge in [0.2, 0.25) is 0 Å². The van der Waals surface area contributed by atoms with E-state index in [9.17, 15) is 9.59 Å². The minimum Gasteiger partial charge on any atom is -0.457 e. The quantitative estimate of drug-likeness (QED) is 0.424. The molecule has 1 N–H and O–H groups in total. The number of carbonyl (C=O) groups is 2. The van der Waals surface area contributed by atoms with Crippen LogP contribution in [0.5, 0.6) is 5.75 Å². The van der Waals surface area contributed by atoms with Gasteiger partial charge in [0, 0.05) is 18.2 Å². The third-order valence-electron chi connectivity index (χ3n) is 6.79. The molecule has 7 heteroatoms. The van der Waals surface area contributed by atoms with Gasteiger partial charge in [-0.1, -0.05) is 55.8 Å². The second kappa shape index (κ2) is 11.8. The van der Waals surface area contributed by atoms with Gasteiger partial charge in [0.1, 0.15) is 18.2 Å². The number of hydrogen-bond donors (Lipinski definition) is 1. The fraction of sp³-hybridized carbons (Fsp3) is 0.345. The number of pyridine rings is 1. The number of carbonyl (C=O) groups excluding carboxylic acids is 2. The Bertz CT molecular complexity index is 1170. The lowest BCUT2D eigenvalue weighted by molar-refractivity contribution is 0.0472. The highest BCUT2D eigenvalue weighted by Gasteiger charge is 2.33. The van der Waals surface area contributed by atoms with Crippen molar-refractivity contribution >= 4 is 17.9 Å². The van der Waals surface area contributed by atoms with Gasteiger partial charge in [-0.25, -0.2) is 14.6 Å². The van der Waals surface area contributed by atoms with Crippen molar-refractivity contribution in [3.8, 4) is 5.75 Å². The molecule has 3 aromatic rings. The highest BCUT2D eigenvalue weighted by atomic mass is 16.6. The standard InChI is InChI=1S/C29H33N3O4/c1-3-29(16-7-8-17-32(2)21-29)24-12-9-13-25(18-24)36-28(34)31-26-15-14-23(19-30-26)27(33)35-20-22-10-5-4-6-11-22/h4-6,9-15,18-19H,3,7-8,16-17,20-21H2,1-2H3,(H,30,31,34). The van der Waals surface area contributed by atoms with E-state index in [4.69, 9.17) is 9.47 Å². The number of anilines is 1. The molecule has 1 aromatic heterocycles. The normalized spacial score (nSPS) is 18.2. The molecule has 0 spiro atoms. The van der Waals surface area contributed by atoms with Gasteiger partial charge in [0.15, 0.2) is 0 Å². The minimum atomic E-state index is -0.636. The number of benzene rings is 2. The zero-order valence-corrected chi connectivity index (χ0v) is 20.9. The molecule has 0 aliphatic carbocycles. The summed E-state index contributed by atoms with van der Waals surface area (Å²) in [6, 6.07) is 20.4. The Morgan fingerprint density at radius 1 is 1.06 bits per heavy atom. The van der Waals surface area contributed by atoms with Crippen LogP contribution in [-0.2, 0) is 16.8 Å². The number of aromatic nitrogens is 1. The summed E-state index contributed by atoms with van der Waals surface area (Å²) in [4.78, 5) is 31.3. The van der Waals surface area contributed by atoms with Crippen molar-refractivity contribution in [1.29, 1.82) is 0 Å². The Labute approximate surface area is 212 Å². The summed E-state index contributed by atoms with van der Waals surface area (Å²) in [7, 11) is 2.17. The van der Waals surface area contributed by atoms with Crippen molar-refractivity contribution in [3.05, 3.63) is 89.6 Å². The van der Waals surface area contributed by atoms with Crippen LogP contribution in [0.2, 0.25) is 0 Å². The number of amides is 1. The van der Waals surface area contributed by atoms with E-state index >= 15 is 0 Å². The summed E-state index contributed by atoms with van der Waals surface area (Å²) in [6.07, 6.45) is 5.27. The Balaban J connectivity index is 1.35. The van der Waals surface area contributed by atoms with E-state index in [1.54, 1.807) is 18.2 Å². The smallest absolute Gasteiger partial charge is 0.418 e. The van der Waals surface area contributed by atoms with Crippen molar-refractivity contribution in [2.75, 3.05) is 25.5 Å². The first-order valence-electron chi connectivity index (χ1n) is 12.4. The third-order valence-corrected chi connectivity index (χ3v) is 6.79. The molecule has 0 saturated carbocycles. The fourth-order valence-electron chi connectivity index (χ4n) is 4.77. The molecule has 36 heavy (non-hydrogen) atoms. The summed E-state index contributed by atoms with van der Waals surface area (Å²) >= 11 is 0. The lowest BCUT2D eigenvalue weighted by Crippen LogP contribution is -2.37. The van der Waals surface area contributed by atoms with Crippen LogP contribution in [0.3, 0.4) is 0 Å². The number of nitrogens with one attached hydrogen (secondary N) is 1. The molecule has 2 heterocycles. The van der Waals surface area contributed by atoms with Gasteiger partial charge in [-0.2, -0.15) is 0 Å². The molecule has 1 aliphatic heterocycles. The van der Waals surface area contributed by atoms with Crippen LogP contribution < -0.4 is 10.1 Å². The Morgan fingerprint density at radius 2 is 1.89 bits per heavy atom. The molecule has 4 rings (SSSR count). The van der Waals surface area contributed by atoms with Gasteiger partial charge in [0.05, 0.1) is 5.56 Å². The van der Waals surface area contributed by atoms with Crippen LogP contribution in [0.1, 0.15) is 54.1 Å². The lowest BCUT2D eigenvalue weighted by Gasteiger charge is -2.35. The number of likely N-dealkylation sites (tertiary alicyclic amines) is 1. The number of ether oxygens (including phenoxy) is 2. The molecular formula is C29H33N3O4. The van der Waals surface area contributed by atoms with Crippen molar-refractivity contribution < 1.29 is 19.1 Å². The highest BCUT2D eigenvalue weighted by molar-refractivity contribution is 5.90. The molecule has 1 unspecified atom stereocenters. The van der Waals surface area contributed by atoms with E-state index in [0.29, 0.717) is 11.3 Å². The lowest BCUT2D eigenvalue weighted by atomic mass is 9.74. The van der Waals surface area contributed by atoms with Crippen LogP contribution >= 0.6 is 0 Å².